The molecule has 1 aliphatic heterocycles. The summed E-state index contributed by atoms with van der Waals surface area (Å²) in [5.74, 6) is -0.221. The van der Waals surface area contributed by atoms with E-state index in [1.54, 1.807) is 12.3 Å². The molecule has 1 unspecified atom stereocenters. The minimum atomic E-state index is -3.54. The van der Waals surface area contributed by atoms with Crippen LogP contribution < -0.4 is 9.46 Å². The molecule has 0 spiro atoms. The topological polar surface area (TPSA) is 91.8 Å². The number of carbonyl (C=O) groups is 1. The third-order valence-corrected chi connectivity index (χ3v) is 4.94. The van der Waals surface area contributed by atoms with Crippen LogP contribution in [-0.4, -0.2) is 75.2 Å². The highest BCUT2D eigenvalue weighted by molar-refractivity contribution is 7.90. The molecule has 0 aliphatic carbocycles. The van der Waals surface area contributed by atoms with Crippen molar-refractivity contribution in [1.29, 1.82) is 0 Å². The summed E-state index contributed by atoms with van der Waals surface area (Å²) in [6.45, 7) is 1.61. The van der Waals surface area contributed by atoms with Gasteiger partial charge in [-0.2, -0.15) is 0 Å². The maximum absolute atomic E-state index is 12.0. The third-order valence-electron chi connectivity index (χ3n) is 3.69. The number of hydrogen-bond acceptors (Lipinski definition) is 6. The van der Waals surface area contributed by atoms with Crippen LogP contribution in [0.5, 0.6) is 5.75 Å². The number of pyridine rings is 1. The van der Waals surface area contributed by atoms with Gasteiger partial charge in [-0.3, -0.25) is 9.78 Å². The molecule has 9 heteroatoms. The summed E-state index contributed by atoms with van der Waals surface area (Å²) in [4.78, 5) is 19.9. The van der Waals surface area contributed by atoms with Crippen molar-refractivity contribution < 1.29 is 17.9 Å². The average molecular weight is 356 g/mol. The first-order chi connectivity index (χ1) is 11.3. The molecule has 8 nitrogen and oxygen atoms in total. The summed E-state index contributed by atoms with van der Waals surface area (Å²) in [5.41, 5.74) is 0.906. The number of carbonyl (C=O) groups excluding carboxylic acids is 1. The van der Waals surface area contributed by atoms with Gasteiger partial charge in [0.15, 0.2) is 0 Å². The molecule has 1 aromatic rings. The Balaban J connectivity index is 1.91. The van der Waals surface area contributed by atoms with E-state index in [1.165, 1.54) is 11.9 Å². The van der Waals surface area contributed by atoms with Crippen molar-refractivity contribution in [3.05, 3.63) is 24.0 Å². The predicted octanol–water partition coefficient (Wildman–Crippen LogP) is -0.328. The predicted molar refractivity (Wildman–Crippen MR) is 90.1 cm³/mol. The smallest absolute Gasteiger partial charge is 0.239 e. The zero-order valence-electron chi connectivity index (χ0n) is 14.2. The molecule has 2 rings (SSSR count). The van der Waals surface area contributed by atoms with E-state index in [1.807, 2.05) is 25.1 Å². The van der Waals surface area contributed by atoms with Gasteiger partial charge in [0.2, 0.25) is 15.9 Å². The van der Waals surface area contributed by atoms with E-state index in [2.05, 4.69) is 9.71 Å². The molecule has 0 bridgehead atoms. The Labute approximate surface area is 142 Å². The maximum Gasteiger partial charge on any atom is 0.239 e. The van der Waals surface area contributed by atoms with Gasteiger partial charge in [-0.15, -0.1) is 0 Å². The lowest BCUT2D eigenvalue weighted by atomic mass is 10.3. The fraction of sp³-hybridized carbons (Fsp3) is 0.600. The van der Waals surface area contributed by atoms with Crippen LogP contribution in [0.1, 0.15) is 12.1 Å². The Hall–Kier alpha value is -1.71. The molecular formula is C15H24N4O4S. The summed E-state index contributed by atoms with van der Waals surface area (Å²) in [6, 6.07) is 3.67. The van der Waals surface area contributed by atoms with Crippen molar-refractivity contribution in [1.82, 2.24) is 19.5 Å². The zero-order chi connectivity index (χ0) is 17.7. The first-order valence-corrected chi connectivity index (χ1v) is 9.39. The number of ether oxygens (including phenoxy) is 1. The molecule has 1 aromatic heterocycles. The van der Waals surface area contributed by atoms with Crippen LogP contribution in [-0.2, 0) is 21.4 Å². The van der Waals surface area contributed by atoms with Crippen molar-refractivity contribution in [2.45, 2.75) is 19.1 Å². The lowest BCUT2D eigenvalue weighted by Gasteiger charge is -2.17. The van der Waals surface area contributed by atoms with E-state index in [-0.39, 0.29) is 6.10 Å². The molecule has 1 saturated heterocycles. The largest absolute Gasteiger partial charge is 0.488 e. The highest BCUT2D eigenvalue weighted by atomic mass is 32.2. The molecule has 0 radical (unpaired) electrons. The number of sulfonamides is 1. The first kappa shape index (κ1) is 18.6. The van der Waals surface area contributed by atoms with Gasteiger partial charge in [-0.25, -0.2) is 13.1 Å². The fourth-order valence-electron chi connectivity index (χ4n) is 2.51. The van der Waals surface area contributed by atoms with Gasteiger partial charge in [0.1, 0.15) is 17.6 Å². The standard InChI is InChI=1S/C15H24N4O4S/c1-16-24(21,22)11-15(20)19-7-5-14(10-19)23-13-4-6-17-12(8-13)9-18(2)3/h4,6,8,14,16H,5,7,9-11H2,1-3H3. The second-order valence-electron chi connectivity index (χ2n) is 6.05. The van der Waals surface area contributed by atoms with Crippen LogP contribution >= 0.6 is 0 Å². The quantitative estimate of drug-likeness (QED) is 0.719. The number of likely N-dealkylation sites (tertiary alicyclic amines) is 1. The second-order valence-corrected chi connectivity index (χ2v) is 7.98. The van der Waals surface area contributed by atoms with E-state index >= 15 is 0 Å². The average Bonchev–Trinajstić information content (AvgIpc) is 2.95. The van der Waals surface area contributed by atoms with Crippen LogP contribution in [0.15, 0.2) is 18.3 Å². The molecule has 1 amide bonds. The highest BCUT2D eigenvalue weighted by Gasteiger charge is 2.29. The van der Waals surface area contributed by atoms with Gasteiger partial charge in [0.25, 0.3) is 0 Å². The highest BCUT2D eigenvalue weighted by Crippen LogP contribution is 2.19. The second kappa shape index (κ2) is 7.91. The van der Waals surface area contributed by atoms with Crippen molar-refractivity contribution >= 4 is 15.9 Å². The minimum absolute atomic E-state index is 0.138. The van der Waals surface area contributed by atoms with Crippen molar-refractivity contribution in [3.63, 3.8) is 0 Å². The fourth-order valence-corrected chi connectivity index (χ4v) is 3.16. The van der Waals surface area contributed by atoms with E-state index in [9.17, 15) is 13.2 Å². The van der Waals surface area contributed by atoms with Crippen LogP contribution in [0.4, 0.5) is 0 Å². The van der Waals surface area contributed by atoms with Crippen LogP contribution in [0.25, 0.3) is 0 Å². The van der Waals surface area contributed by atoms with E-state index in [0.717, 1.165) is 5.69 Å². The van der Waals surface area contributed by atoms with E-state index < -0.39 is 21.7 Å². The van der Waals surface area contributed by atoms with Crippen molar-refractivity contribution in [2.24, 2.45) is 0 Å². The van der Waals surface area contributed by atoms with Gasteiger partial charge in [0, 0.05) is 31.8 Å². The summed E-state index contributed by atoms with van der Waals surface area (Å²) in [5, 5.41) is 0. The normalized spacial score (nSPS) is 18.2. The van der Waals surface area contributed by atoms with Gasteiger partial charge < -0.3 is 14.5 Å². The number of aromatic nitrogens is 1. The number of nitrogens with zero attached hydrogens (tertiary/aromatic N) is 3. The van der Waals surface area contributed by atoms with Gasteiger partial charge >= 0.3 is 0 Å². The van der Waals surface area contributed by atoms with Gasteiger partial charge in [-0.1, -0.05) is 0 Å². The van der Waals surface area contributed by atoms with Gasteiger partial charge in [0.05, 0.1) is 12.2 Å². The SMILES string of the molecule is CNS(=O)(=O)CC(=O)N1CCC(Oc2ccnc(CN(C)C)c2)C1. The Morgan fingerprint density at radius 3 is 2.92 bits per heavy atom. The molecule has 134 valence electrons. The summed E-state index contributed by atoms with van der Waals surface area (Å²) < 4.78 is 31.0. The lowest BCUT2D eigenvalue weighted by molar-refractivity contribution is -0.127. The number of hydrogen-bond donors (Lipinski definition) is 1. The molecule has 1 fully saturated rings. The van der Waals surface area contributed by atoms with E-state index in [4.69, 9.17) is 4.74 Å². The van der Waals surface area contributed by atoms with Crippen molar-refractivity contribution in [3.8, 4) is 5.75 Å². The number of rotatable bonds is 7. The molecule has 1 aliphatic rings. The Morgan fingerprint density at radius 1 is 1.50 bits per heavy atom. The lowest BCUT2D eigenvalue weighted by Crippen LogP contribution is -2.38. The summed E-state index contributed by atoms with van der Waals surface area (Å²) in [6.07, 6.45) is 2.24. The zero-order valence-corrected chi connectivity index (χ0v) is 15.0. The molecule has 1 N–H and O–H groups in total. The van der Waals surface area contributed by atoms with Gasteiger partial charge in [-0.05, 0) is 27.2 Å². The van der Waals surface area contributed by atoms with Crippen LogP contribution in [0.2, 0.25) is 0 Å². The summed E-state index contributed by atoms with van der Waals surface area (Å²) >= 11 is 0. The molecule has 24 heavy (non-hydrogen) atoms. The maximum atomic E-state index is 12.0. The molecule has 0 aromatic carbocycles. The molecule has 2 heterocycles. The Morgan fingerprint density at radius 2 is 2.25 bits per heavy atom. The first-order valence-electron chi connectivity index (χ1n) is 7.74. The number of amides is 1. The van der Waals surface area contributed by atoms with E-state index in [0.29, 0.717) is 31.8 Å². The van der Waals surface area contributed by atoms with Crippen LogP contribution in [0, 0.1) is 0 Å². The Bertz CT molecular complexity index is 678. The molecular weight excluding hydrogens is 332 g/mol. The minimum Gasteiger partial charge on any atom is -0.488 e. The number of nitrogens with one attached hydrogen (secondary N) is 1. The van der Waals surface area contributed by atoms with Crippen LogP contribution in [0.3, 0.4) is 0 Å². The molecule has 0 saturated carbocycles. The molecule has 1 atom stereocenters. The monoisotopic (exact) mass is 356 g/mol. The third kappa shape index (κ3) is 5.43. The van der Waals surface area contributed by atoms with Crippen molar-refractivity contribution in [2.75, 3.05) is 40.0 Å². The Kier molecular flexibility index (Phi) is 6.14. The summed E-state index contributed by atoms with van der Waals surface area (Å²) in [7, 11) is 1.69.